The largest absolute Gasteiger partial charge is 0.353 e. The molecule has 1 aromatic heterocycles. The van der Waals surface area contributed by atoms with Crippen molar-refractivity contribution in [3.63, 3.8) is 0 Å². The number of carbonyl (C=O) groups excluding carboxylic acids is 1. The fraction of sp³-hybridized carbons (Fsp3) is 0.577. The molecule has 1 saturated heterocycles. The first-order chi connectivity index (χ1) is 15.1. The number of piperazine rings is 1. The summed E-state index contributed by atoms with van der Waals surface area (Å²) >= 11 is 0. The van der Waals surface area contributed by atoms with Crippen LogP contribution in [0.2, 0.25) is 0 Å². The highest BCUT2D eigenvalue weighted by atomic mass is 16.2. The van der Waals surface area contributed by atoms with E-state index >= 15 is 0 Å². The predicted molar refractivity (Wildman–Crippen MR) is 132 cm³/mol. The van der Waals surface area contributed by atoms with Gasteiger partial charge in [0.05, 0.1) is 0 Å². The monoisotopic (exact) mass is 437 g/mol. The number of hydrogen-bond donors (Lipinski definition) is 1. The Morgan fingerprint density at radius 2 is 1.69 bits per heavy atom. The maximum atomic E-state index is 12.6. The maximum absolute atomic E-state index is 12.6. The SMILES string of the molecule is CC[C@@H](C)c1nc(C)c(Cc2ccc(C)cc2)c(N2CCN(C(=O)NC(C)(C)C)CC2)n1. The van der Waals surface area contributed by atoms with E-state index in [1.807, 2.05) is 25.7 Å². The van der Waals surface area contributed by atoms with E-state index < -0.39 is 0 Å². The van der Waals surface area contributed by atoms with Crippen molar-refractivity contribution in [1.29, 1.82) is 0 Å². The van der Waals surface area contributed by atoms with Crippen LogP contribution < -0.4 is 10.2 Å². The van der Waals surface area contributed by atoms with Crippen LogP contribution in [-0.2, 0) is 6.42 Å². The molecule has 0 bridgehead atoms. The van der Waals surface area contributed by atoms with Gasteiger partial charge in [-0.3, -0.25) is 0 Å². The van der Waals surface area contributed by atoms with E-state index in [2.05, 4.69) is 62.2 Å². The second-order valence-electron chi connectivity index (χ2n) is 10.1. The summed E-state index contributed by atoms with van der Waals surface area (Å²) in [7, 11) is 0. The van der Waals surface area contributed by atoms with Crippen molar-refractivity contribution < 1.29 is 4.79 Å². The molecule has 6 nitrogen and oxygen atoms in total. The second kappa shape index (κ2) is 9.88. The minimum absolute atomic E-state index is 0.0104. The number of benzene rings is 1. The van der Waals surface area contributed by atoms with Gasteiger partial charge in [0, 0.05) is 55.3 Å². The molecule has 0 spiro atoms. The molecule has 174 valence electrons. The number of hydrogen-bond acceptors (Lipinski definition) is 4. The second-order valence-corrected chi connectivity index (χ2v) is 10.1. The lowest BCUT2D eigenvalue weighted by Crippen LogP contribution is -2.55. The summed E-state index contributed by atoms with van der Waals surface area (Å²) in [4.78, 5) is 26.8. The lowest BCUT2D eigenvalue weighted by Gasteiger charge is -2.38. The van der Waals surface area contributed by atoms with Crippen molar-refractivity contribution >= 4 is 11.8 Å². The molecule has 1 aliphatic rings. The fourth-order valence-electron chi connectivity index (χ4n) is 3.90. The van der Waals surface area contributed by atoms with Crippen LogP contribution >= 0.6 is 0 Å². The first-order valence-corrected chi connectivity index (χ1v) is 11.8. The number of anilines is 1. The van der Waals surface area contributed by atoms with Crippen LogP contribution in [0.4, 0.5) is 10.6 Å². The first-order valence-electron chi connectivity index (χ1n) is 11.8. The Morgan fingerprint density at radius 3 is 2.25 bits per heavy atom. The quantitative estimate of drug-likeness (QED) is 0.728. The van der Waals surface area contributed by atoms with Gasteiger partial charge in [0.15, 0.2) is 0 Å². The van der Waals surface area contributed by atoms with Crippen LogP contribution in [0, 0.1) is 13.8 Å². The molecule has 0 saturated carbocycles. The minimum atomic E-state index is -0.232. The van der Waals surface area contributed by atoms with Gasteiger partial charge < -0.3 is 15.1 Å². The Bertz CT molecular complexity index is 924. The average molecular weight is 438 g/mol. The van der Waals surface area contributed by atoms with E-state index in [9.17, 15) is 4.79 Å². The zero-order chi connectivity index (χ0) is 23.5. The highest BCUT2D eigenvalue weighted by Gasteiger charge is 2.27. The molecule has 1 atom stereocenters. The van der Waals surface area contributed by atoms with Crippen molar-refractivity contribution in [2.75, 3.05) is 31.1 Å². The van der Waals surface area contributed by atoms with Gasteiger partial charge in [-0.05, 0) is 46.6 Å². The Morgan fingerprint density at radius 1 is 1.06 bits per heavy atom. The van der Waals surface area contributed by atoms with Gasteiger partial charge in [0.25, 0.3) is 0 Å². The number of urea groups is 1. The van der Waals surface area contributed by atoms with Crippen molar-refractivity contribution in [2.45, 2.75) is 72.8 Å². The summed E-state index contributed by atoms with van der Waals surface area (Å²) in [5.41, 5.74) is 4.54. The molecule has 0 unspecified atom stereocenters. The molecular formula is C26H39N5O. The molecule has 3 rings (SSSR count). The lowest BCUT2D eigenvalue weighted by atomic mass is 10.0. The number of rotatable bonds is 5. The smallest absolute Gasteiger partial charge is 0.317 e. The highest BCUT2D eigenvalue weighted by molar-refractivity contribution is 5.75. The number of aryl methyl sites for hydroxylation is 2. The molecule has 6 heteroatoms. The van der Waals surface area contributed by atoms with Gasteiger partial charge in [-0.2, -0.15) is 0 Å². The van der Waals surface area contributed by atoms with Gasteiger partial charge in [0.1, 0.15) is 11.6 Å². The molecule has 1 fully saturated rings. The van der Waals surface area contributed by atoms with E-state index in [1.54, 1.807) is 0 Å². The molecule has 1 N–H and O–H groups in total. The first kappa shape index (κ1) is 24.0. The van der Waals surface area contributed by atoms with E-state index in [1.165, 1.54) is 16.7 Å². The number of aromatic nitrogens is 2. The normalized spacial score (nSPS) is 15.6. The summed E-state index contributed by atoms with van der Waals surface area (Å²) in [6.07, 6.45) is 1.82. The van der Waals surface area contributed by atoms with Crippen molar-refractivity contribution in [1.82, 2.24) is 20.2 Å². The Balaban J connectivity index is 1.86. The zero-order valence-electron chi connectivity index (χ0n) is 20.8. The van der Waals surface area contributed by atoms with Gasteiger partial charge >= 0.3 is 6.03 Å². The highest BCUT2D eigenvalue weighted by Crippen LogP contribution is 2.28. The van der Waals surface area contributed by atoms with Crippen LogP contribution in [0.5, 0.6) is 0 Å². The third-order valence-corrected chi connectivity index (χ3v) is 6.11. The molecule has 2 aromatic rings. The number of carbonyl (C=O) groups is 1. The van der Waals surface area contributed by atoms with Gasteiger partial charge in [-0.25, -0.2) is 14.8 Å². The minimum Gasteiger partial charge on any atom is -0.353 e. The van der Waals surface area contributed by atoms with Gasteiger partial charge in [-0.15, -0.1) is 0 Å². The molecule has 0 radical (unpaired) electrons. The molecule has 1 aliphatic heterocycles. The topological polar surface area (TPSA) is 61.4 Å². The van der Waals surface area contributed by atoms with Crippen LogP contribution in [0.1, 0.15) is 75.2 Å². The van der Waals surface area contributed by atoms with Crippen molar-refractivity contribution in [3.8, 4) is 0 Å². The van der Waals surface area contributed by atoms with E-state index in [0.29, 0.717) is 19.0 Å². The van der Waals surface area contributed by atoms with Crippen LogP contribution in [-0.4, -0.2) is 52.6 Å². The summed E-state index contributed by atoms with van der Waals surface area (Å²) in [6.45, 7) is 17.5. The molecule has 0 aliphatic carbocycles. The molecule has 2 amide bonds. The van der Waals surface area contributed by atoms with Crippen molar-refractivity contribution in [2.24, 2.45) is 0 Å². The Kier molecular flexibility index (Phi) is 7.42. The summed E-state index contributed by atoms with van der Waals surface area (Å²) < 4.78 is 0. The third kappa shape index (κ3) is 5.99. The maximum Gasteiger partial charge on any atom is 0.317 e. The predicted octanol–water partition coefficient (Wildman–Crippen LogP) is 4.83. The zero-order valence-corrected chi connectivity index (χ0v) is 20.8. The van der Waals surface area contributed by atoms with E-state index in [4.69, 9.17) is 9.97 Å². The third-order valence-electron chi connectivity index (χ3n) is 6.11. The standard InChI is InChI=1S/C26H39N5O/c1-8-19(3)23-27-20(4)22(17-21-11-9-18(2)10-12-21)24(28-23)30-13-15-31(16-14-30)25(32)29-26(5,6)7/h9-12,19H,8,13-17H2,1-7H3,(H,29,32)/t19-/m1/s1. The number of nitrogens with one attached hydrogen (secondary N) is 1. The number of amides is 2. The van der Waals surface area contributed by atoms with Gasteiger partial charge in [-0.1, -0.05) is 43.7 Å². The molecule has 2 heterocycles. The lowest BCUT2D eigenvalue weighted by molar-refractivity contribution is 0.185. The Labute approximate surface area is 193 Å². The van der Waals surface area contributed by atoms with Crippen LogP contribution in [0.25, 0.3) is 0 Å². The van der Waals surface area contributed by atoms with Crippen molar-refractivity contribution in [3.05, 3.63) is 52.5 Å². The van der Waals surface area contributed by atoms with Crippen LogP contribution in [0.3, 0.4) is 0 Å². The van der Waals surface area contributed by atoms with E-state index in [-0.39, 0.29) is 11.6 Å². The van der Waals surface area contributed by atoms with Gasteiger partial charge in [0.2, 0.25) is 0 Å². The molecular weight excluding hydrogens is 398 g/mol. The number of nitrogens with zero attached hydrogens (tertiary/aromatic N) is 4. The Hall–Kier alpha value is -2.63. The molecule has 32 heavy (non-hydrogen) atoms. The molecule has 1 aromatic carbocycles. The van der Waals surface area contributed by atoms with E-state index in [0.717, 1.165) is 43.3 Å². The summed E-state index contributed by atoms with van der Waals surface area (Å²) in [5.74, 6) is 2.27. The average Bonchev–Trinajstić information content (AvgIpc) is 2.74. The van der Waals surface area contributed by atoms with Crippen LogP contribution in [0.15, 0.2) is 24.3 Å². The summed E-state index contributed by atoms with van der Waals surface area (Å²) in [5, 5.41) is 3.08. The fourth-order valence-corrected chi connectivity index (χ4v) is 3.90. The summed E-state index contributed by atoms with van der Waals surface area (Å²) in [6, 6.07) is 8.71.